The number of nitrogens with zero attached hydrogens (tertiary/aromatic N) is 2. The van der Waals surface area contributed by atoms with E-state index < -0.39 is 0 Å². The molecule has 2 nitrogen and oxygen atoms in total. The maximum Gasteiger partial charge on any atom is 4.00 e. The molecule has 25 heavy (non-hydrogen) atoms. The standard InChI is InChI=1S/C13H14N.C6H15NSi.2ClH.Ti/c1-9-6-7-11-10-4-3-5-12(10)14(2)13(11)8-9;1-6(2,3)7-8(4)5;;;/h3,6-8H,4-5H2,1-2H3;1-5H3;2*1H;/q2*-1;;;+4/p-2. The van der Waals surface area contributed by atoms with Crippen LogP contribution in [0.2, 0.25) is 13.1 Å². The van der Waals surface area contributed by atoms with Crippen LogP contribution in [0.15, 0.2) is 18.2 Å². The van der Waals surface area contributed by atoms with Gasteiger partial charge in [0.2, 0.25) is 0 Å². The molecule has 0 unspecified atom stereocenters. The summed E-state index contributed by atoms with van der Waals surface area (Å²) < 4.78 is 2.35. The summed E-state index contributed by atoms with van der Waals surface area (Å²) in [5.74, 6) is 0. The first kappa shape index (κ1) is 27.5. The van der Waals surface area contributed by atoms with E-state index in [1.165, 1.54) is 22.2 Å². The van der Waals surface area contributed by atoms with Crippen molar-refractivity contribution in [2.45, 2.75) is 59.2 Å². The van der Waals surface area contributed by atoms with E-state index in [4.69, 9.17) is 0 Å². The van der Waals surface area contributed by atoms with Gasteiger partial charge in [0, 0.05) is 18.0 Å². The minimum absolute atomic E-state index is 0. The smallest absolute Gasteiger partial charge is 1.00 e. The van der Waals surface area contributed by atoms with Crippen LogP contribution in [0.4, 0.5) is 0 Å². The Morgan fingerprint density at radius 3 is 2.20 bits per heavy atom. The molecule has 0 fully saturated rings. The third-order valence-corrected chi connectivity index (χ3v) is 4.96. The number of rotatable bonds is 1. The van der Waals surface area contributed by atoms with Crippen LogP contribution in [0.3, 0.4) is 0 Å². The average molecular weight is 432 g/mol. The van der Waals surface area contributed by atoms with Crippen LogP contribution >= 0.6 is 0 Å². The first-order chi connectivity index (χ1) is 10.2. The molecule has 1 aliphatic rings. The monoisotopic (exact) mass is 431 g/mol. The van der Waals surface area contributed by atoms with E-state index in [0.29, 0.717) is 0 Å². The van der Waals surface area contributed by atoms with Crippen LogP contribution in [0.5, 0.6) is 0 Å². The van der Waals surface area contributed by atoms with Crippen molar-refractivity contribution >= 4 is 19.9 Å². The van der Waals surface area contributed by atoms with Gasteiger partial charge in [-0.05, 0) is 24.2 Å². The van der Waals surface area contributed by atoms with Crippen molar-refractivity contribution in [3.8, 4) is 0 Å². The van der Waals surface area contributed by atoms with E-state index in [2.05, 4.69) is 82.0 Å². The Morgan fingerprint density at radius 1 is 1.12 bits per heavy atom. The number of fused-ring (bicyclic) bond motifs is 3. The number of aromatic nitrogens is 1. The van der Waals surface area contributed by atoms with Crippen LogP contribution in [0, 0.1) is 13.3 Å². The van der Waals surface area contributed by atoms with Gasteiger partial charge in [0.15, 0.2) is 0 Å². The van der Waals surface area contributed by atoms with Crippen molar-refractivity contribution in [3.05, 3.63) is 46.4 Å². The molecular weight excluding hydrogens is 403 g/mol. The zero-order valence-corrected chi connectivity index (χ0v) is 20.4. The molecule has 0 aliphatic heterocycles. The van der Waals surface area contributed by atoms with Gasteiger partial charge in [0.05, 0.1) is 0 Å². The zero-order chi connectivity index (χ0) is 16.5. The zero-order valence-electron chi connectivity index (χ0n) is 16.4. The Morgan fingerprint density at radius 2 is 1.72 bits per heavy atom. The largest absolute Gasteiger partial charge is 4.00 e. The number of hydrogen-bond donors (Lipinski definition) is 0. The fourth-order valence-electron chi connectivity index (χ4n) is 3.19. The first-order valence-corrected chi connectivity index (χ1v) is 10.6. The fourth-order valence-corrected chi connectivity index (χ4v) is 4.53. The van der Waals surface area contributed by atoms with E-state index in [9.17, 15) is 0 Å². The van der Waals surface area contributed by atoms with Gasteiger partial charge >= 0.3 is 21.7 Å². The summed E-state index contributed by atoms with van der Waals surface area (Å²) in [5, 5.41) is 1.45. The SMILES string of the molecule is C[Si](C)[N-]C(C)(C)C.Cc1ccc2c3c(n(C)c2c1)C[CH-]C3.[Cl-].[Cl-].[Ti+4]. The van der Waals surface area contributed by atoms with Gasteiger partial charge in [0.25, 0.3) is 0 Å². The second kappa shape index (κ2) is 11.2. The third kappa shape index (κ3) is 7.40. The predicted molar refractivity (Wildman–Crippen MR) is 100.0 cm³/mol. The van der Waals surface area contributed by atoms with Crippen LogP contribution < -0.4 is 24.8 Å². The van der Waals surface area contributed by atoms with Crippen molar-refractivity contribution < 1.29 is 46.5 Å². The molecule has 0 bridgehead atoms. The Bertz CT molecular complexity index is 663. The number of aryl methyl sites for hydroxylation is 2. The molecule has 6 heteroatoms. The summed E-state index contributed by atoms with van der Waals surface area (Å²) in [6.07, 6.45) is 4.65. The quantitative estimate of drug-likeness (QED) is 0.416. The molecule has 0 amide bonds. The molecule has 0 saturated heterocycles. The molecule has 1 aromatic carbocycles. The maximum absolute atomic E-state index is 4.51. The number of benzene rings is 1. The van der Waals surface area contributed by atoms with Crippen LogP contribution in [0.1, 0.15) is 37.6 Å². The van der Waals surface area contributed by atoms with Gasteiger partial charge in [-0.1, -0.05) is 60.5 Å². The molecule has 137 valence electrons. The van der Waals surface area contributed by atoms with Crippen molar-refractivity contribution in [1.82, 2.24) is 4.57 Å². The van der Waals surface area contributed by atoms with Crippen LogP contribution in [-0.2, 0) is 41.6 Å². The summed E-state index contributed by atoms with van der Waals surface area (Å²) in [7, 11) is 1.81. The van der Waals surface area contributed by atoms with E-state index in [1.807, 2.05) is 0 Å². The van der Waals surface area contributed by atoms with Gasteiger partial charge in [0.1, 0.15) is 0 Å². The molecule has 0 spiro atoms. The van der Waals surface area contributed by atoms with Crippen molar-refractivity contribution in [2.24, 2.45) is 7.05 Å². The summed E-state index contributed by atoms with van der Waals surface area (Å²) in [4.78, 5) is 4.51. The number of halogens is 2. The summed E-state index contributed by atoms with van der Waals surface area (Å²) in [6.45, 7) is 13.0. The van der Waals surface area contributed by atoms with Crippen LogP contribution in [-0.4, -0.2) is 19.1 Å². The second-order valence-corrected chi connectivity index (χ2v) is 9.55. The second-order valence-electron chi connectivity index (χ2n) is 7.43. The summed E-state index contributed by atoms with van der Waals surface area (Å²) in [5.41, 5.74) is 5.98. The third-order valence-electron chi connectivity index (χ3n) is 3.84. The summed E-state index contributed by atoms with van der Waals surface area (Å²) in [6, 6.07) is 6.76. The fraction of sp³-hybridized carbons (Fsp3) is 0.526. The van der Waals surface area contributed by atoms with E-state index >= 15 is 0 Å². The maximum atomic E-state index is 4.51. The molecule has 0 saturated carbocycles. The normalized spacial score (nSPS) is 12.5. The molecule has 0 N–H and O–H groups in total. The minimum atomic E-state index is -0.367. The van der Waals surface area contributed by atoms with Crippen molar-refractivity contribution in [3.63, 3.8) is 0 Å². The molecule has 2 aromatic rings. The molecule has 1 radical (unpaired) electrons. The van der Waals surface area contributed by atoms with Gasteiger partial charge < -0.3 is 40.8 Å². The molecule has 1 aromatic heterocycles. The Labute approximate surface area is 182 Å². The van der Waals surface area contributed by atoms with E-state index in [-0.39, 0.29) is 61.0 Å². The van der Waals surface area contributed by atoms with E-state index in [0.717, 1.165) is 12.8 Å². The molecule has 3 rings (SSSR count). The summed E-state index contributed by atoms with van der Waals surface area (Å²) >= 11 is 0. The first-order valence-electron chi connectivity index (χ1n) is 8.10. The number of hydrogen-bond acceptors (Lipinski definition) is 0. The average Bonchev–Trinajstić information content (AvgIpc) is 2.92. The molecule has 0 atom stereocenters. The molecule has 1 heterocycles. The van der Waals surface area contributed by atoms with Crippen molar-refractivity contribution in [1.29, 1.82) is 0 Å². The van der Waals surface area contributed by atoms with Gasteiger partial charge in [-0.2, -0.15) is 6.42 Å². The minimum Gasteiger partial charge on any atom is -1.00 e. The predicted octanol–water partition coefficient (Wildman–Crippen LogP) is -0.795. The van der Waals surface area contributed by atoms with Gasteiger partial charge in [-0.3, -0.25) is 0 Å². The molecule has 1 aliphatic carbocycles. The van der Waals surface area contributed by atoms with Crippen LogP contribution in [0.25, 0.3) is 15.9 Å². The van der Waals surface area contributed by atoms with Crippen molar-refractivity contribution in [2.75, 3.05) is 0 Å². The molecular formula is C19H29Cl2N2SiTi. The van der Waals surface area contributed by atoms with E-state index in [1.54, 1.807) is 5.56 Å². The van der Waals surface area contributed by atoms with Gasteiger partial charge in [-0.25, -0.2) is 0 Å². The Hall–Kier alpha value is 0.231. The van der Waals surface area contributed by atoms with Gasteiger partial charge in [-0.15, -0.1) is 12.0 Å². The Kier molecular flexibility index (Phi) is 12.3. The topological polar surface area (TPSA) is 19.0 Å². The Balaban J connectivity index is 0.